The highest BCUT2D eigenvalue weighted by Gasteiger charge is 2.22. The molecule has 0 saturated heterocycles. The van der Waals surface area contributed by atoms with Crippen molar-refractivity contribution >= 4 is 0 Å². The molecule has 0 saturated carbocycles. The Morgan fingerprint density at radius 2 is 1.39 bits per heavy atom. The fourth-order valence-corrected chi connectivity index (χ4v) is 1.19. The molecule has 0 aliphatic heterocycles. The van der Waals surface area contributed by atoms with E-state index in [1.807, 2.05) is 0 Å². The van der Waals surface area contributed by atoms with Gasteiger partial charge in [0.1, 0.15) is 11.5 Å². The van der Waals surface area contributed by atoms with Crippen molar-refractivity contribution in [3.63, 3.8) is 0 Å². The molecular weight excluding hydrogens is 254 g/mol. The zero-order valence-electron chi connectivity index (χ0n) is 8.62. The number of ether oxygens (including phenoxy) is 1. The van der Waals surface area contributed by atoms with E-state index in [9.17, 15) is 17.6 Å². The zero-order chi connectivity index (χ0) is 13.3. The number of phenols is 1. The molecule has 0 unspecified atom stereocenters. The third-order valence-corrected chi connectivity index (χ3v) is 2.01. The van der Waals surface area contributed by atoms with Crippen molar-refractivity contribution in [3.8, 4) is 17.2 Å². The lowest BCUT2D eigenvalue weighted by Gasteiger charge is -2.08. The lowest BCUT2D eigenvalue weighted by molar-refractivity contribution is 0.343. The first-order valence-electron chi connectivity index (χ1n) is 4.66. The summed E-state index contributed by atoms with van der Waals surface area (Å²) in [5, 5.41) is 8.99. The summed E-state index contributed by atoms with van der Waals surface area (Å²) in [7, 11) is 0. The quantitative estimate of drug-likeness (QED) is 0.665. The Balaban J connectivity index is 2.42. The fourth-order valence-electron chi connectivity index (χ4n) is 1.19. The van der Waals surface area contributed by atoms with Crippen LogP contribution in [-0.4, -0.2) is 10.1 Å². The Morgan fingerprint density at radius 3 is 1.89 bits per heavy atom. The molecule has 0 atom stereocenters. The highest BCUT2D eigenvalue weighted by atomic mass is 19.2. The Hall–Kier alpha value is -2.31. The number of aromatic nitrogens is 1. The predicted octanol–water partition coefficient (Wildman–Crippen LogP) is 3.14. The van der Waals surface area contributed by atoms with E-state index in [1.54, 1.807) is 0 Å². The van der Waals surface area contributed by atoms with Gasteiger partial charge in [-0.3, -0.25) is 0 Å². The van der Waals surface area contributed by atoms with Crippen LogP contribution in [0.4, 0.5) is 17.6 Å². The topological polar surface area (TPSA) is 42.4 Å². The Labute approximate surface area is 98.3 Å². The number of rotatable bonds is 2. The average Bonchev–Trinajstić information content (AvgIpc) is 2.34. The van der Waals surface area contributed by atoms with Crippen molar-refractivity contribution < 1.29 is 27.4 Å². The van der Waals surface area contributed by atoms with Gasteiger partial charge in [-0.1, -0.05) is 0 Å². The number of halogens is 4. The molecule has 1 aromatic heterocycles. The minimum absolute atomic E-state index is 0.101. The zero-order valence-corrected chi connectivity index (χ0v) is 8.62. The molecule has 0 amide bonds. The molecule has 1 heterocycles. The molecule has 18 heavy (non-hydrogen) atoms. The summed E-state index contributed by atoms with van der Waals surface area (Å²) < 4.78 is 56.6. The van der Waals surface area contributed by atoms with Crippen molar-refractivity contribution in [3.05, 3.63) is 47.8 Å². The molecule has 2 aromatic rings. The van der Waals surface area contributed by atoms with Crippen LogP contribution in [0.5, 0.6) is 17.2 Å². The van der Waals surface area contributed by atoms with Crippen LogP contribution in [-0.2, 0) is 0 Å². The normalized spacial score (nSPS) is 10.4. The number of hydrogen-bond acceptors (Lipinski definition) is 3. The van der Waals surface area contributed by atoms with E-state index in [-0.39, 0.29) is 11.5 Å². The number of pyridine rings is 1. The van der Waals surface area contributed by atoms with E-state index < -0.39 is 29.3 Å². The van der Waals surface area contributed by atoms with Gasteiger partial charge in [-0.15, -0.1) is 0 Å². The summed E-state index contributed by atoms with van der Waals surface area (Å²) >= 11 is 0. The van der Waals surface area contributed by atoms with Gasteiger partial charge in [-0.05, 0) is 24.3 Å². The van der Waals surface area contributed by atoms with E-state index >= 15 is 0 Å². The summed E-state index contributed by atoms with van der Waals surface area (Å²) in [5.74, 6) is -8.51. The molecule has 3 nitrogen and oxygen atoms in total. The average molecular weight is 259 g/mol. The first-order chi connectivity index (χ1) is 8.49. The van der Waals surface area contributed by atoms with Crippen LogP contribution < -0.4 is 4.74 Å². The van der Waals surface area contributed by atoms with Gasteiger partial charge in [-0.25, -0.2) is 0 Å². The van der Waals surface area contributed by atoms with Crippen LogP contribution in [0.15, 0.2) is 24.3 Å². The second kappa shape index (κ2) is 4.52. The number of benzene rings is 1. The summed E-state index contributed by atoms with van der Waals surface area (Å²) in [4.78, 5) is 2.39. The highest BCUT2D eigenvalue weighted by molar-refractivity contribution is 5.35. The monoisotopic (exact) mass is 259 g/mol. The molecule has 0 bridgehead atoms. The largest absolute Gasteiger partial charge is 0.508 e. The fraction of sp³-hybridized carbons (Fsp3) is 0. The molecule has 0 aliphatic rings. The predicted molar refractivity (Wildman–Crippen MR) is 52.2 cm³/mol. The van der Waals surface area contributed by atoms with Gasteiger partial charge >= 0.3 is 0 Å². The SMILES string of the molecule is Oc1ccc(Oc2c(F)c(F)nc(F)c2F)cc1. The standard InChI is InChI=1S/C11H5F4NO2/c12-7-9(8(13)11(15)16-10(7)14)18-6-3-1-5(17)2-4-6/h1-4,17H. The lowest BCUT2D eigenvalue weighted by atomic mass is 10.3. The molecule has 7 heteroatoms. The third-order valence-electron chi connectivity index (χ3n) is 2.01. The molecule has 0 radical (unpaired) electrons. The summed E-state index contributed by atoms with van der Waals surface area (Å²) in [6, 6.07) is 4.70. The number of hydrogen-bond donors (Lipinski definition) is 1. The van der Waals surface area contributed by atoms with Crippen LogP contribution in [0.25, 0.3) is 0 Å². The second-order valence-corrected chi connectivity index (χ2v) is 3.25. The number of phenolic OH excluding ortho intramolecular Hbond substituents is 1. The molecule has 1 N–H and O–H groups in total. The van der Waals surface area contributed by atoms with E-state index in [0.717, 1.165) is 0 Å². The van der Waals surface area contributed by atoms with Crippen molar-refractivity contribution in [2.24, 2.45) is 0 Å². The van der Waals surface area contributed by atoms with Gasteiger partial charge in [0.2, 0.25) is 17.4 Å². The van der Waals surface area contributed by atoms with E-state index in [0.29, 0.717) is 0 Å². The van der Waals surface area contributed by atoms with Crippen molar-refractivity contribution in [1.29, 1.82) is 0 Å². The summed E-state index contributed by atoms with van der Waals surface area (Å²) in [6.07, 6.45) is 0. The first-order valence-corrected chi connectivity index (χ1v) is 4.66. The van der Waals surface area contributed by atoms with E-state index in [1.165, 1.54) is 24.3 Å². The van der Waals surface area contributed by atoms with Crippen molar-refractivity contribution in [2.45, 2.75) is 0 Å². The van der Waals surface area contributed by atoms with Crippen LogP contribution in [0, 0.1) is 23.5 Å². The van der Waals surface area contributed by atoms with Gasteiger partial charge in [0.05, 0.1) is 0 Å². The lowest BCUT2D eigenvalue weighted by Crippen LogP contribution is -2.03. The van der Waals surface area contributed by atoms with Crippen molar-refractivity contribution in [2.75, 3.05) is 0 Å². The van der Waals surface area contributed by atoms with E-state index in [4.69, 9.17) is 5.11 Å². The molecule has 0 spiro atoms. The maximum absolute atomic E-state index is 13.2. The molecule has 94 valence electrons. The van der Waals surface area contributed by atoms with Gasteiger partial charge in [0.25, 0.3) is 11.9 Å². The molecule has 0 fully saturated rings. The van der Waals surface area contributed by atoms with Gasteiger partial charge < -0.3 is 9.84 Å². The molecule has 0 aliphatic carbocycles. The summed E-state index contributed by atoms with van der Waals surface area (Å²) in [6.45, 7) is 0. The van der Waals surface area contributed by atoms with Gasteiger partial charge in [0, 0.05) is 0 Å². The summed E-state index contributed by atoms with van der Waals surface area (Å²) in [5.41, 5.74) is 0. The van der Waals surface area contributed by atoms with E-state index in [2.05, 4.69) is 9.72 Å². The molecule has 1 aromatic carbocycles. The molecule has 2 rings (SSSR count). The molecular formula is C11H5F4NO2. The van der Waals surface area contributed by atoms with Crippen LogP contribution >= 0.6 is 0 Å². The van der Waals surface area contributed by atoms with Crippen molar-refractivity contribution in [1.82, 2.24) is 4.98 Å². The van der Waals surface area contributed by atoms with Crippen LogP contribution in [0.2, 0.25) is 0 Å². The maximum Gasteiger partial charge on any atom is 0.255 e. The van der Waals surface area contributed by atoms with Gasteiger partial charge in [-0.2, -0.15) is 22.5 Å². The van der Waals surface area contributed by atoms with Crippen LogP contribution in [0.3, 0.4) is 0 Å². The number of nitrogens with zero attached hydrogens (tertiary/aromatic N) is 1. The third kappa shape index (κ3) is 2.20. The minimum atomic E-state index is -1.80. The highest BCUT2D eigenvalue weighted by Crippen LogP contribution is 2.30. The maximum atomic E-state index is 13.2. The second-order valence-electron chi connectivity index (χ2n) is 3.25. The van der Waals surface area contributed by atoms with Crippen LogP contribution in [0.1, 0.15) is 0 Å². The van der Waals surface area contributed by atoms with Gasteiger partial charge in [0.15, 0.2) is 0 Å². The Bertz CT molecular complexity index is 560. The Morgan fingerprint density at radius 1 is 0.889 bits per heavy atom. The smallest absolute Gasteiger partial charge is 0.255 e. The Kier molecular flexibility index (Phi) is 3.05. The first kappa shape index (κ1) is 12.2. The number of aromatic hydroxyl groups is 1. The minimum Gasteiger partial charge on any atom is -0.508 e.